The molecule has 20 heavy (non-hydrogen) atoms. The Bertz CT molecular complexity index is 415. The molecular formula is C17H26BrNO. The number of hydrogen-bond acceptors (Lipinski definition) is 2. The summed E-state index contributed by atoms with van der Waals surface area (Å²) in [6, 6.07) is 7.05. The number of ether oxygens (including phenoxy) is 1. The van der Waals surface area contributed by atoms with Crippen molar-refractivity contribution < 1.29 is 4.74 Å². The Labute approximate surface area is 131 Å². The third-order valence-corrected chi connectivity index (χ3v) is 4.74. The van der Waals surface area contributed by atoms with E-state index in [2.05, 4.69) is 53.3 Å². The normalized spacial score (nSPS) is 20.2. The molecular weight excluding hydrogens is 314 g/mol. The van der Waals surface area contributed by atoms with E-state index in [4.69, 9.17) is 4.74 Å². The topological polar surface area (TPSA) is 21.3 Å². The summed E-state index contributed by atoms with van der Waals surface area (Å²) in [6.45, 7) is 6.30. The fraction of sp³-hybridized carbons (Fsp3) is 0.647. The van der Waals surface area contributed by atoms with Crippen LogP contribution in [0.5, 0.6) is 0 Å². The summed E-state index contributed by atoms with van der Waals surface area (Å²) in [5.41, 5.74) is 2.71. The number of hydrogen-bond donors (Lipinski definition) is 1. The Morgan fingerprint density at radius 2 is 2.30 bits per heavy atom. The van der Waals surface area contributed by atoms with Gasteiger partial charge in [-0.3, -0.25) is 0 Å². The van der Waals surface area contributed by atoms with Gasteiger partial charge in [-0.15, -0.1) is 0 Å². The van der Waals surface area contributed by atoms with Crippen LogP contribution in [0.2, 0.25) is 0 Å². The molecule has 0 saturated carbocycles. The first-order valence-electron chi connectivity index (χ1n) is 7.81. The maximum absolute atomic E-state index is 5.71. The average Bonchev–Trinajstić information content (AvgIpc) is 2.94. The van der Waals surface area contributed by atoms with E-state index in [0.717, 1.165) is 13.2 Å². The molecule has 1 aromatic carbocycles. The van der Waals surface area contributed by atoms with E-state index in [1.807, 2.05) is 0 Å². The van der Waals surface area contributed by atoms with Crippen molar-refractivity contribution in [3.63, 3.8) is 0 Å². The van der Waals surface area contributed by atoms with Gasteiger partial charge in [0.2, 0.25) is 0 Å². The summed E-state index contributed by atoms with van der Waals surface area (Å²) in [5.74, 6) is 0. The van der Waals surface area contributed by atoms with Gasteiger partial charge in [-0.05, 0) is 57.2 Å². The summed E-state index contributed by atoms with van der Waals surface area (Å²) in [6.07, 6.45) is 6.60. The largest absolute Gasteiger partial charge is 0.378 e. The smallest absolute Gasteiger partial charge is 0.0576 e. The number of aryl methyl sites for hydroxylation is 1. The molecule has 0 amide bonds. The van der Waals surface area contributed by atoms with E-state index >= 15 is 0 Å². The zero-order valence-corrected chi connectivity index (χ0v) is 14.2. The molecule has 1 saturated heterocycles. The van der Waals surface area contributed by atoms with Crippen LogP contribution < -0.4 is 5.32 Å². The van der Waals surface area contributed by atoms with E-state index < -0.39 is 0 Å². The van der Waals surface area contributed by atoms with E-state index in [-0.39, 0.29) is 0 Å². The lowest BCUT2D eigenvalue weighted by molar-refractivity contribution is 0.101. The van der Waals surface area contributed by atoms with Crippen LogP contribution in [-0.4, -0.2) is 19.3 Å². The van der Waals surface area contributed by atoms with Gasteiger partial charge in [0.05, 0.1) is 6.10 Å². The number of halogens is 1. The molecule has 1 fully saturated rings. The van der Waals surface area contributed by atoms with Crippen molar-refractivity contribution in [3.05, 3.63) is 33.8 Å². The molecule has 2 unspecified atom stereocenters. The Balaban J connectivity index is 1.93. The molecule has 1 aromatic rings. The standard InChI is InChI=1S/C17H26BrNO/c1-3-19-17(8-4-6-14-7-5-11-20-14)15-12-13(2)9-10-16(15)18/h9-10,12,14,17,19H,3-8,11H2,1-2H3. The third-order valence-electron chi connectivity index (χ3n) is 4.02. The van der Waals surface area contributed by atoms with Crippen LogP contribution in [0.15, 0.2) is 22.7 Å². The summed E-state index contributed by atoms with van der Waals surface area (Å²) < 4.78 is 6.93. The minimum absolute atomic E-state index is 0.440. The lowest BCUT2D eigenvalue weighted by Gasteiger charge is -2.21. The molecule has 1 heterocycles. The van der Waals surface area contributed by atoms with Crippen LogP contribution >= 0.6 is 15.9 Å². The quantitative estimate of drug-likeness (QED) is 0.773. The highest BCUT2D eigenvalue weighted by Crippen LogP contribution is 2.29. The van der Waals surface area contributed by atoms with Gasteiger partial charge >= 0.3 is 0 Å². The second-order valence-electron chi connectivity index (χ2n) is 5.70. The number of benzene rings is 1. The fourth-order valence-corrected chi connectivity index (χ4v) is 3.49. The van der Waals surface area contributed by atoms with Gasteiger partial charge in [0.25, 0.3) is 0 Å². The van der Waals surface area contributed by atoms with Crippen LogP contribution in [0.25, 0.3) is 0 Å². The molecule has 1 aliphatic heterocycles. The number of nitrogens with one attached hydrogen (secondary N) is 1. The summed E-state index contributed by atoms with van der Waals surface area (Å²) >= 11 is 3.69. The Hall–Kier alpha value is -0.380. The molecule has 2 rings (SSSR count). The van der Waals surface area contributed by atoms with Crippen LogP contribution in [0, 0.1) is 6.92 Å². The molecule has 1 N–H and O–H groups in total. The first-order valence-corrected chi connectivity index (χ1v) is 8.61. The molecule has 3 heteroatoms. The summed E-state index contributed by atoms with van der Waals surface area (Å²) in [4.78, 5) is 0. The van der Waals surface area contributed by atoms with Crippen molar-refractivity contribution >= 4 is 15.9 Å². The Kier molecular flexibility index (Phi) is 6.53. The highest BCUT2D eigenvalue weighted by atomic mass is 79.9. The molecule has 0 aromatic heterocycles. The van der Waals surface area contributed by atoms with Crippen molar-refractivity contribution in [1.82, 2.24) is 5.32 Å². The zero-order valence-electron chi connectivity index (χ0n) is 12.6. The maximum atomic E-state index is 5.71. The predicted molar refractivity (Wildman–Crippen MR) is 88.1 cm³/mol. The monoisotopic (exact) mass is 339 g/mol. The lowest BCUT2D eigenvalue weighted by atomic mass is 9.98. The minimum Gasteiger partial charge on any atom is -0.378 e. The van der Waals surface area contributed by atoms with Gasteiger partial charge < -0.3 is 10.1 Å². The Morgan fingerprint density at radius 3 is 3.00 bits per heavy atom. The molecule has 0 spiro atoms. The van der Waals surface area contributed by atoms with Gasteiger partial charge in [-0.1, -0.05) is 40.5 Å². The summed E-state index contributed by atoms with van der Waals surface area (Å²) in [5, 5.41) is 3.62. The van der Waals surface area contributed by atoms with Crippen LogP contribution in [0.1, 0.15) is 56.2 Å². The second kappa shape index (κ2) is 8.16. The Morgan fingerprint density at radius 1 is 1.45 bits per heavy atom. The highest BCUT2D eigenvalue weighted by Gasteiger charge is 2.18. The highest BCUT2D eigenvalue weighted by molar-refractivity contribution is 9.10. The van der Waals surface area contributed by atoms with Crippen molar-refractivity contribution in [3.8, 4) is 0 Å². The second-order valence-corrected chi connectivity index (χ2v) is 6.56. The van der Waals surface area contributed by atoms with E-state index in [0.29, 0.717) is 12.1 Å². The first-order chi connectivity index (χ1) is 9.70. The average molecular weight is 340 g/mol. The van der Waals surface area contributed by atoms with Crippen molar-refractivity contribution in [1.29, 1.82) is 0 Å². The molecule has 1 aliphatic rings. The molecule has 2 atom stereocenters. The predicted octanol–water partition coefficient (Wildman–Crippen LogP) is 4.76. The number of rotatable bonds is 7. The van der Waals surface area contributed by atoms with Gasteiger partial charge in [-0.2, -0.15) is 0 Å². The van der Waals surface area contributed by atoms with Crippen molar-refractivity contribution in [2.24, 2.45) is 0 Å². The van der Waals surface area contributed by atoms with Crippen LogP contribution in [0.3, 0.4) is 0 Å². The van der Waals surface area contributed by atoms with E-state index in [1.54, 1.807) is 0 Å². The van der Waals surface area contributed by atoms with Gasteiger partial charge in [0.15, 0.2) is 0 Å². The fourth-order valence-electron chi connectivity index (χ4n) is 2.97. The van der Waals surface area contributed by atoms with E-state index in [1.165, 1.54) is 47.7 Å². The minimum atomic E-state index is 0.440. The van der Waals surface area contributed by atoms with Gasteiger partial charge in [-0.25, -0.2) is 0 Å². The molecule has 0 radical (unpaired) electrons. The molecule has 0 bridgehead atoms. The van der Waals surface area contributed by atoms with Crippen molar-refractivity contribution in [2.45, 2.75) is 58.1 Å². The molecule has 0 aliphatic carbocycles. The SMILES string of the molecule is CCNC(CCCC1CCCO1)c1cc(C)ccc1Br. The van der Waals surface area contributed by atoms with Gasteiger partial charge in [0.1, 0.15) is 0 Å². The maximum Gasteiger partial charge on any atom is 0.0576 e. The van der Waals surface area contributed by atoms with E-state index in [9.17, 15) is 0 Å². The first kappa shape index (κ1) is 16.0. The van der Waals surface area contributed by atoms with Crippen molar-refractivity contribution in [2.75, 3.05) is 13.2 Å². The van der Waals surface area contributed by atoms with Gasteiger partial charge in [0, 0.05) is 17.1 Å². The van der Waals surface area contributed by atoms with Crippen LogP contribution in [-0.2, 0) is 4.74 Å². The van der Waals surface area contributed by atoms with Crippen LogP contribution in [0.4, 0.5) is 0 Å². The zero-order chi connectivity index (χ0) is 14.4. The summed E-state index contributed by atoms with van der Waals surface area (Å²) in [7, 11) is 0. The lowest BCUT2D eigenvalue weighted by Crippen LogP contribution is -2.22. The molecule has 112 valence electrons. The third kappa shape index (κ3) is 4.57. The molecule has 2 nitrogen and oxygen atoms in total.